The van der Waals surface area contributed by atoms with Crippen molar-refractivity contribution < 1.29 is 9.53 Å². The molecule has 3 aliphatic rings. The fourth-order valence-electron chi connectivity index (χ4n) is 4.03. The molecular weight excluding hydrogens is 226 g/mol. The molecule has 3 aliphatic carbocycles. The van der Waals surface area contributed by atoms with E-state index in [0.717, 1.165) is 19.3 Å². The van der Waals surface area contributed by atoms with Crippen LogP contribution in [0.4, 0.5) is 0 Å². The van der Waals surface area contributed by atoms with Crippen molar-refractivity contribution in [1.29, 1.82) is 0 Å². The Hall–Kier alpha value is -1.35. The first-order valence-corrected chi connectivity index (χ1v) is 6.43. The predicted molar refractivity (Wildman–Crippen MR) is 69.1 cm³/mol. The highest BCUT2D eigenvalue weighted by atomic mass is 16.5. The number of ether oxygens (including phenoxy) is 1. The van der Waals surface area contributed by atoms with Crippen LogP contribution in [0.1, 0.15) is 30.4 Å². The summed E-state index contributed by atoms with van der Waals surface area (Å²) in [4.78, 5) is 11.5. The maximum absolute atomic E-state index is 11.5. The molecule has 3 nitrogen and oxygen atoms in total. The normalized spacial score (nSPS) is 34.2. The van der Waals surface area contributed by atoms with Crippen LogP contribution in [0.2, 0.25) is 0 Å². The van der Waals surface area contributed by atoms with Gasteiger partial charge in [-0.05, 0) is 48.1 Å². The molecule has 2 bridgehead atoms. The Kier molecular flexibility index (Phi) is 2.33. The van der Waals surface area contributed by atoms with Crippen LogP contribution in [0.15, 0.2) is 24.3 Å². The molecule has 18 heavy (non-hydrogen) atoms. The molecule has 1 aromatic carbocycles. The highest BCUT2D eigenvalue weighted by Crippen LogP contribution is 2.75. The van der Waals surface area contributed by atoms with Crippen LogP contribution in [0, 0.1) is 12.3 Å². The Labute approximate surface area is 107 Å². The lowest BCUT2D eigenvalue weighted by molar-refractivity contribution is -0.181. The Morgan fingerprint density at radius 3 is 2.50 bits per heavy atom. The van der Waals surface area contributed by atoms with Gasteiger partial charge in [0.05, 0.1) is 7.11 Å². The molecule has 1 unspecified atom stereocenters. The molecule has 0 aromatic heterocycles. The van der Waals surface area contributed by atoms with Crippen LogP contribution in [0.5, 0.6) is 0 Å². The number of methoxy groups -OCH3 is 1. The highest BCUT2D eigenvalue weighted by molar-refractivity contribution is 5.78. The number of nitrogens with two attached hydrogens (primary N) is 1. The minimum atomic E-state index is -0.451. The zero-order chi connectivity index (χ0) is 13.0. The molecular formula is C15H19NO2. The van der Waals surface area contributed by atoms with Crippen LogP contribution >= 0.6 is 0 Å². The molecule has 3 saturated carbocycles. The van der Waals surface area contributed by atoms with Crippen molar-refractivity contribution in [2.45, 2.75) is 37.6 Å². The van der Waals surface area contributed by atoms with Crippen LogP contribution in [-0.2, 0) is 14.9 Å². The second-order valence-electron chi connectivity index (χ2n) is 5.99. The maximum atomic E-state index is 11.5. The Morgan fingerprint density at radius 2 is 1.94 bits per heavy atom. The maximum Gasteiger partial charge on any atom is 0.323 e. The van der Waals surface area contributed by atoms with E-state index in [0.29, 0.717) is 0 Å². The van der Waals surface area contributed by atoms with Gasteiger partial charge >= 0.3 is 5.97 Å². The predicted octanol–water partition coefficient (Wildman–Crippen LogP) is 1.92. The molecule has 3 fully saturated rings. The molecule has 0 radical (unpaired) electrons. The number of esters is 1. The average molecular weight is 245 g/mol. The van der Waals surface area contributed by atoms with Crippen molar-refractivity contribution in [3.63, 3.8) is 0 Å². The minimum Gasteiger partial charge on any atom is -0.468 e. The fraction of sp³-hybridized carbons (Fsp3) is 0.533. The van der Waals surface area contributed by atoms with E-state index >= 15 is 0 Å². The Balaban J connectivity index is 1.77. The van der Waals surface area contributed by atoms with E-state index in [1.165, 1.54) is 18.2 Å². The van der Waals surface area contributed by atoms with E-state index in [-0.39, 0.29) is 16.8 Å². The zero-order valence-electron chi connectivity index (χ0n) is 10.9. The monoisotopic (exact) mass is 245 g/mol. The van der Waals surface area contributed by atoms with E-state index in [1.54, 1.807) is 0 Å². The number of hydrogen-bond donors (Lipinski definition) is 1. The second-order valence-corrected chi connectivity index (χ2v) is 5.99. The van der Waals surface area contributed by atoms with Gasteiger partial charge in [-0.25, -0.2) is 0 Å². The van der Waals surface area contributed by atoms with Gasteiger partial charge in [0, 0.05) is 0 Å². The van der Waals surface area contributed by atoms with Crippen LogP contribution in [0.25, 0.3) is 0 Å². The third-order valence-electron chi connectivity index (χ3n) is 4.90. The van der Waals surface area contributed by atoms with E-state index in [1.807, 2.05) is 0 Å². The first-order valence-electron chi connectivity index (χ1n) is 6.43. The zero-order valence-corrected chi connectivity index (χ0v) is 10.9. The number of aryl methyl sites for hydroxylation is 1. The van der Waals surface area contributed by atoms with Gasteiger partial charge in [0.1, 0.15) is 6.04 Å². The summed E-state index contributed by atoms with van der Waals surface area (Å²) in [6.45, 7) is 2.16. The summed E-state index contributed by atoms with van der Waals surface area (Å²) in [6.07, 6.45) is 3.09. The van der Waals surface area contributed by atoms with Gasteiger partial charge in [0.2, 0.25) is 0 Å². The summed E-state index contributed by atoms with van der Waals surface area (Å²) >= 11 is 0. The summed E-state index contributed by atoms with van der Waals surface area (Å²) in [7, 11) is 1.41. The van der Waals surface area contributed by atoms with E-state index in [9.17, 15) is 4.79 Å². The summed E-state index contributed by atoms with van der Waals surface area (Å²) in [6, 6.07) is 8.08. The van der Waals surface area contributed by atoms with Crippen molar-refractivity contribution in [2.24, 2.45) is 11.1 Å². The molecule has 1 aromatic rings. The van der Waals surface area contributed by atoms with Crippen LogP contribution < -0.4 is 5.73 Å². The quantitative estimate of drug-likeness (QED) is 0.828. The van der Waals surface area contributed by atoms with Gasteiger partial charge in [-0.15, -0.1) is 0 Å². The topological polar surface area (TPSA) is 52.3 Å². The first-order chi connectivity index (χ1) is 8.53. The minimum absolute atomic E-state index is 0.00930. The van der Waals surface area contributed by atoms with Gasteiger partial charge in [-0.3, -0.25) is 4.79 Å². The van der Waals surface area contributed by atoms with Crippen LogP contribution in [0.3, 0.4) is 0 Å². The number of benzene rings is 1. The second kappa shape index (κ2) is 3.58. The first kappa shape index (κ1) is 11.7. The summed E-state index contributed by atoms with van der Waals surface area (Å²) in [5.74, 6) is -0.270. The summed E-state index contributed by atoms with van der Waals surface area (Å²) < 4.78 is 4.76. The number of carbonyl (C=O) groups is 1. The van der Waals surface area contributed by atoms with E-state index in [2.05, 4.69) is 31.2 Å². The third-order valence-corrected chi connectivity index (χ3v) is 4.90. The molecule has 0 aliphatic heterocycles. The molecule has 0 spiro atoms. The molecule has 1 atom stereocenters. The van der Waals surface area contributed by atoms with Crippen molar-refractivity contribution >= 4 is 5.97 Å². The van der Waals surface area contributed by atoms with Crippen molar-refractivity contribution in [1.82, 2.24) is 0 Å². The lowest BCUT2D eigenvalue weighted by Gasteiger charge is -2.72. The Morgan fingerprint density at radius 1 is 1.33 bits per heavy atom. The molecule has 0 amide bonds. The van der Waals surface area contributed by atoms with Crippen molar-refractivity contribution in [3.8, 4) is 0 Å². The van der Waals surface area contributed by atoms with Crippen molar-refractivity contribution in [2.75, 3.05) is 7.11 Å². The van der Waals surface area contributed by atoms with E-state index < -0.39 is 6.04 Å². The van der Waals surface area contributed by atoms with E-state index in [4.69, 9.17) is 10.5 Å². The lowest BCUT2D eigenvalue weighted by Crippen LogP contribution is -2.72. The van der Waals surface area contributed by atoms with Gasteiger partial charge in [-0.2, -0.15) is 0 Å². The summed E-state index contributed by atoms with van der Waals surface area (Å²) in [5, 5.41) is 0. The van der Waals surface area contributed by atoms with Gasteiger partial charge in [0.25, 0.3) is 0 Å². The largest absolute Gasteiger partial charge is 0.468 e. The van der Waals surface area contributed by atoms with Gasteiger partial charge < -0.3 is 10.5 Å². The highest BCUT2D eigenvalue weighted by Gasteiger charge is 2.71. The molecule has 0 saturated heterocycles. The molecule has 0 heterocycles. The fourth-order valence-corrected chi connectivity index (χ4v) is 4.03. The standard InChI is InChI=1S/C15H19NO2/c1-10-5-3-4-6-11(10)14-7-15(8-14,9-14)12(16)13(17)18-2/h3-6,12H,7-9,16H2,1-2H3. The molecule has 2 N–H and O–H groups in total. The molecule has 4 rings (SSSR count). The molecule has 96 valence electrons. The summed E-state index contributed by atoms with van der Waals surface area (Å²) in [5.41, 5.74) is 9.08. The lowest BCUT2D eigenvalue weighted by atomic mass is 9.31. The third kappa shape index (κ3) is 1.31. The van der Waals surface area contributed by atoms with Crippen molar-refractivity contribution in [3.05, 3.63) is 35.4 Å². The van der Waals surface area contributed by atoms with Crippen LogP contribution in [-0.4, -0.2) is 19.1 Å². The molecule has 3 heteroatoms. The average Bonchev–Trinajstić information content (AvgIpc) is 2.27. The van der Waals surface area contributed by atoms with Gasteiger partial charge in [-0.1, -0.05) is 24.3 Å². The number of rotatable bonds is 3. The van der Waals surface area contributed by atoms with Gasteiger partial charge in [0.15, 0.2) is 0 Å². The number of hydrogen-bond acceptors (Lipinski definition) is 3. The number of carbonyl (C=O) groups excluding carboxylic acids is 1. The smallest absolute Gasteiger partial charge is 0.323 e. The SMILES string of the molecule is COC(=O)C(N)C12CC(c3ccccc3C)(C1)C2. The Bertz CT molecular complexity index is 489.